The first kappa shape index (κ1) is 92.6. The van der Waals surface area contributed by atoms with Crippen molar-refractivity contribution in [2.75, 3.05) is 0 Å². The number of carbonyl (C=O) groups is 12. The second-order valence-electron chi connectivity index (χ2n) is 28.9. The number of aromatic nitrogens is 1. The zero-order valence-electron chi connectivity index (χ0n) is 68.9. The number of ketones is 6. The van der Waals surface area contributed by atoms with Gasteiger partial charge < -0.3 is 30.6 Å². The van der Waals surface area contributed by atoms with Crippen molar-refractivity contribution in [3.05, 3.63) is 450 Å². The van der Waals surface area contributed by atoms with Crippen molar-refractivity contribution in [1.29, 1.82) is 0 Å². The smallest absolute Gasteiger partial charge is 0.355 e. The van der Waals surface area contributed by atoms with Crippen LogP contribution in [-0.2, 0) is 19.2 Å². The Labute approximate surface area is 733 Å². The summed E-state index contributed by atoms with van der Waals surface area (Å²) in [7, 11) is 0. The molecule has 19 heteroatoms. The van der Waals surface area contributed by atoms with Crippen LogP contribution in [0.2, 0.25) is 0 Å². The average Bonchev–Trinajstić information content (AvgIpc) is 0.793. The van der Waals surface area contributed by atoms with Crippen LogP contribution in [0.1, 0.15) is 138 Å². The van der Waals surface area contributed by atoms with E-state index < -0.39 is 41.7 Å². The highest BCUT2D eigenvalue weighted by molar-refractivity contribution is 6.15. The molecule has 0 spiro atoms. The lowest BCUT2D eigenvalue weighted by Crippen LogP contribution is -2.32. The van der Waals surface area contributed by atoms with Crippen LogP contribution in [-0.4, -0.2) is 106 Å². The Morgan fingerprint density at radius 2 is 0.606 bits per heavy atom. The molecule has 1 aliphatic carbocycles. The van der Waals surface area contributed by atoms with E-state index in [9.17, 15) is 67.7 Å². The first-order chi connectivity index (χ1) is 61.4. The van der Waals surface area contributed by atoms with Crippen molar-refractivity contribution in [1.82, 2.24) is 4.98 Å². The van der Waals surface area contributed by atoms with Gasteiger partial charge in [-0.25, -0.2) is 24.2 Å². The molecule has 15 rings (SSSR count). The normalized spacial score (nSPS) is 12.3. The molecule has 1 fully saturated rings. The zero-order valence-corrected chi connectivity index (χ0v) is 68.9. The van der Waals surface area contributed by atoms with Gasteiger partial charge in [0.2, 0.25) is 0 Å². The van der Waals surface area contributed by atoms with Crippen molar-refractivity contribution >= 4 is 70.5 Å². The van der Waals surface area contributed by atoms with Crippen LogP contribution in [0.4, 0.5) is 0 Å². The molecule has 13 aromatic carbocycles. The van der Waals surface area contributed by atoms with Crippen molar-refractivity contribution < 1.29 is 88.2 Å². The molecular formula is C108H87NO18. The fourth-order valence-corrected chi connectivity index (χ4v) is 13.7. The minimum atomic E-state index is -1.20. The lowest BCUT2D eigenvalue weighted by Gasteiger charge is -2.27. The number of pyridine rings is 1. The van der Waals surface area contributed by atoms with Crippen molar-refractivity contribution in [2.24, 2.45) is 11.8 Å². The molecule has 0 radical (unpaired) electrons. The standard InChI is InChI=1S/C22H16O3.C21H16O3.C20H20O3.C16H14O3.C16H12O3.C13H9NO3/c23-21(14-15-22(24)25)20-12-10-19(11-13-20)18-8-6-17(7-9-18)16-4-2-1-3-5-16;1-14-10-12-15(13-11-14)20(22)18-8-4-2-6-16(18)17-7-3-5-9-19(17)21(23)24;21-19(17-8-4-5-9-18(17)20(22)23)16-12-10-15(11-13-16)14-6-2-1-3-7-14;2*17-15(10-11-16(18)19)14-8-6-13(7-9-14)12-4-2-1-3-5-12;15-12(9-5-2-1-3-6-9)10-7-4-8-14-11(10)13(16)17/h1-15H,(H,24,25);2-13H,1H3,(H,23,24);1-3,6-7,10-13,17-18H,4-5,8-9H2,(H,22,23);1-9H,10-11H2,(H,18,19);1-11H,(H,18,19);1-8H,(H,16,17)/b15-14-;;;;11-10-;. The molecule has 14 aromatic rings. The van der Waals surface area contributed by atoms with Gasteiger partial charge >= 0.3 is 35.8 Å². The molecule has 632 valence electrons. The summed E-state index contributed by atoms with van der Waals surface area (Å²) in [5.74, 6) is -8.46. The third-order valence-electron chi connectivity index (χ3n) is 20.3. The third-order valence-corrected chi connectivity index (χ3v) is 20.3. The fourth-order valence-electron chi connectivity index (χ4n) is 13.7. The minimum absolute atomic E-state index is 0.0308. The molecule has 0 bridgehead atoms. The topological polar surface area (TPSA) is 339 Å². The van der Waals surface area contributed by atoms with Gasteiger partial charge in [-0.1, -0.05) is 358 Å². The number of allylic oxidation sites excluding steroid dienone is 2. The first-order valence-corrected chi connectivity index (χ1v) is 40.4. The molecule has 0 amide bonds. The molecule has 127 heavy (non-hydrogen) atoms. The monoisotopic (exact) mass is 1690 g/mol. The highest BCUT2D eigenvalue weighted by Crippen LogP contribution is 2.35. The van der Waals surface area contributed by atoms with Gasteiger partial charge in [0.25, 0.3) is 0 Å². The van der Waals surface area contributed by atoms with Crippen LogP contribution in [0.15, 0.2) is 388 Å². The van der Waals surface area contributed by atoms with Gasteiger partial charge in [-0.2, -0.15) is 0 Å². The van der Waals surface area contributed by atoms with E-state index in [1.807, 2.05) is 201 Å². The summed E-state index contributed by atoms with van der Waals surface area (Å²) in [6, 6.07) is 110. The number of aliphatic carboxylic acids is 4. The Hall–Kier alpha value is -16.7. The Kier molecular flexibility index (Phi) is 34.2. The van der Waals surface area contributed by atoms with Gasteiger partial charge in [-0.15, -0.1) is 0 Å². The van der Waals surface area contributed by atoms with Gasteiger partial charge in [0.15, 0.2) is 40.4 Å². The highest BCUT2D eigenvalue weighted by atomic mass is 16.4. The van der Waals surface area contributed by atoms with E-state index in [0.717, 1.165) is 92.8 Å². The second-order valence-corrected chi connectivity index (χ2v) is 28.9. The van der Waals surface area contributed by atoms with Crippen molar-refractivity contribution in [2.45, 2.75) is 45.4 Å². The van der Waals surface area contributed by atoms with Gasteiger partial charge in [0, 0.05) is 69.6 Å². The number of rotatable bonds is 25. The van der Waals surface area contributed by atoms with E-state index in [-0.39, 0.29) is 70.3 Å². The number of nitrogens with zero attached hydrogens (tertiary/aromatic N) is 1. The number of benzene rings is 13. The maximum absolute atomic E-state index is 12.9. The molecule has 1 aromatic heterocycles. The van der Waals surface area contributed by atoms with Gasteiger partial charge in [-0.05, 0) is 117 Å². The van der Waals surface area contributed by atoms with E-state index in [4.69, 9.17) is 20.4 Å². The van der Waals surface area contributed by atoms with Crippen LogP contribution in [0.25, 0.3) is 66.8 Å². The Bertz CT molecular complexity index is 6220. The summed E-state index contributed by atoms with van der Waals surface area (Å²) in [4.78, 5) is 142. The quantitative estimate of drug-likeness (QED) is 0.0229. The number of carboxylic acids is 6. The van der Waals surface area contributed by atoms with Crippen LogP contribution in [0.3, 0.4) is 0 Å². The number of aryl methyl sites for hydroxylation is 1. The Morgan fingerprint density at radius 1 is 0.291 bits per heavy atom. The van der Waals surface area contributed by atoms with E-state index in [0.29, 0.717) is 62.9 Å². The molecule has 0 aliphatic heterocycles. The van der Waals surface area contributed by atoms with E-state index in [1.165, 1.54) is 17.8 Å². The maximum Gasteiger partial charge on any atom is 0.355 e. The summed E-state index contributed by atoms with van der Waals surface area (Å²) in [5, 5.41) is 53.3. The van der Waals surface area contributed by atoms with Gasteiger partial charge in [0.05, 0.1) is 23.5 Å². The van der Waals surface area contributed by atoms with Gasteiger partial charge in [0.1, 0.15) is 0 Å². The van der Waals surface area contributed by atoms with E-state index in [2.05, 4.69) is 29.2 Å². The average molecular weight is 1690 g/mol. The summed E-state index contributed by atoms with van der Waals surface area (Å²) in [6.45, 7) is 1.96. The lowest BCUT2D eigenvalue weighted by atomic mass is 9.75. The first-order valence-electron chi connectivity index (χ1n) is 40.4. The van der Waals surface area contributed by atoms with Crippen LogP contribution >= 0.6 is 0 Å². The maximum atomic E-state index is 12.9. The SMILES string of the molecule is Cc1ccc(C(=O)c2ccccc2-c2ccccc2C(=O)O)cc1.O=C(O)/C=C\C(=O)c1ccc(-c2ccc(-c3ccccc3)cc2)cc1.O=C(O)/C=C\C(=O)c1ccc(-c2ccccc2)cc1.O=C(O)C1CCCCC1C(=O)c1ccc(-c2ccccc2)cc1.O=C(O)CCC(=O)c1ccc(-c2ccccc2)cc1.O=C(c1ccccc1)c1cccnc1C(=O)O. The molecule has 1 aliphatic rings. The van der Waals surface area contributed by atoms with Crippen LogP contribution < -0.4 is 0 Å². The molecule has 0 saturated heterocycles. The van der Waals surface area contributed by atoms with Crippen molar-refractivity contribution in [3.8, 4) is 66.8 Å². The largest absolute Gasteiger partial charge is 0.481 e. The van der Waals surface area contributed by atoms with Crippen molar-refractivity contribution in [3.63, 3.8) is 0 Å². The molecule has 19 nitrogen and oxygen atoms in total. The predicted molar refractivity (Wildman–Crippen MR) is 488 cm³/mol. The summed E-state index contributed by atoms with van der Waals surface area (Å²) < 4.78 is 0. The predicted octanol–water partition coefficient (Wildman–Crippen LogP) is 22.5. The number of carboxylic acid groups (broad SMARTS) is 6. The van der Waals surface area contributed by atoms with Crippen LogP contribution in [0.5, 0.6) is 0 Å². The molecule has 1 heterocycles. The molecule has 2 unspecified atom stereocenters. The zero-order chi connectivity index (χ0) is 90.6. The Balaban J connectivity index is 0.000000160. The summed E-state index contributed by atoms with van der Waals surface area (Å²) in [5.41, 5.74) is 16.7. The van der Waals surface area contributed by atoms with E-state index in [1.54, 1.807) is 133 Å². The second kappa shape index (κ2) is 46.9. The van der Waals surface area contributed by atoms with E-state index >= 15 is 0 Å². The number of hydrogen-bond acceptors (Lipinski definition) is 13. The third kappa shape index (κ3) is 27.4. The summed E-state index contributed by atoms with van der Waals surface area (Å²) >= 11 is 0. The van der Waals surface area contributed by atoms with Gasteiger partial charge in [-0.3, -0.25) is 38.4 Å². The number of aromatic carboxylic acids is 2. The van der Waals surface area contributed by atoms with Crippen LogP contribution in [0, 0.1) is 18.8 Å². The number of carbonyl (C=O) groups excluding carboxylic acids is 6. The number of Topliss-reactive ketones (excluding diaryl/α,β-unsaturated/α-hetero) is 2. The summed E-state index contributed by atoms with van der Waals surface area (Å²) in [6.07, 6.45) is 8.18. The molecule has 1 saturated carbocycles. The highest BCUT2D eigenvalue weighted by Gasteiger charge is 2.36. The molecule has 6 N–H and O–H groups in total. The lowest BCUT2D eigenvalue weighted by molar-refractivity contribution is -0.144. The minimum Gasteiger partial charge on any atom is -0.481 e. The molecule has 2 atom stereocenters. The molecular weight excluding hydrogens is 1600 g/mol. The Morgan fingerprint density at radius 3 is 0.992 bits per heavy atom. The number of hydrogen-bond donors (Lipinski definition) is 6. The fraction of sp³-hybridized carbons (Fsp3) is 0.0833.